The Bertz CT molecular complexity index is 1110. The highest BCUT2D eigenvalue weighted by Crippen LogP contribution is 2.37. The van der Waals surface area contributed by atoms with Gasteiger partial charge in [0.15, 0.2) is 0 Å². The van der Waals surface area contributed by atoms with Crippen LogP contribution in [-0.2, 0) is 5.75 Å². The lowest BCUT2D eigenvalue weighted by Gasteiger charge is -2.15. The lowest BCUT2D eigenvalue weighted by atomic mass is 9.97. The van der Waals surface area contributed by atoms with Gasteiger partial charge in [-0.1, -0.05) is 23.9 Å². The number of benzene rings is 1. The zero-order valence-corrected chi connectivity index (χ0v) is 18.5. The summed E-state index contributed by atoms with van der Waals surface area (Å²) in [5.41, 5.74) is 8.78. The number of nitrogen functional groups attached to an aromatic ring is 1. The fourth-order valence-electron chi connectivity index (χ4n) is 3.60. The molecule has 0 radical (unpaired) electrons. The fourth-order valence-corrected chi connectivity index (χ4v) is 4.50. The van der Waals surface area contributed by atoms with Crippen molar-refractivity contribution in [1.29, 1.82) is 10.5 Å². The highest BCUT2D eigenvalue weighted by Gasteiger charge is 2.21. The third-order valence-electron chi connectivity index (χ3n) is 5.08. The van der Waals surface area contributed by atoms with E-state index in [0.717, 1.165) is 37.0 Å². The van der Waals surface area contributed by atoms with E-state index in [1.165, 1.54) is 24.6 Å². The summed E-state index contributed by atoms with van der Waals surface area (Å²) in [6.45, 7) is 0. The highest BCUT2D eigenvalue weighted by atomic mass is 32.2. The third kappa shape index (κ3) is 5.20. The number of aromatic amines is 1. The molecule has 0 amide bonds. The number of nitriles is 2. The SMILES string of the molecule is CO.N#Cc1c(N)nc(SCc2cnc[nH]2)c(C#N)c1-c1ccc(OC2CCCC2)cc1. The molecule has 164 valence electrons. The van der Waals surface area contributed by atoms with Gasteiger partial charge >= 0.3 is 0 Å². The van der Waals surface area contributed by atoms with Gasteiger partial charge in [0.25, 0.3) is 0 Å². The van der Waals surface area contributed by atoms with Crippen LogP contribution in [0.25, 0.3) is 11.1 Å². The van der Waals surface area contributed by atoms with Crippen molar-refractivity contribution in [2.75, 3.05) is 12.8 Å². The molecule has 0 saturated heterocycles. The van der Waals surface area contributed by atoms with E-state index in [1.807, 2.05) is 24.3 Å². The van der Waals surface area contributed by atoms with Gasteiger partial charge in [0.2, 0.25) is 0 Å². The van der Waals surface area contributed by atoms with E-state index < -0.39 is 0 Å². The van der Waals surface area contributed by atoms with Crippen LogP contribution in [0.2, 0.25) is 0 Å². The van der Waals surface area contributed by atoms with Crippen molar-refractivity contribution in [2.45, 2.75) is 42.6 Å². The molecule has 32 heavy (non-hydrogen) atoms. The van der Waals surface area contributed by atoms with Crippen molar-refractivity contribution in [1.82, 2.24) is 15.0 Å². The van der Waals surface area contributed by atoms with E-state index in [0.29, 0.717) is 21.9 Å². The standard InChI is InChI=1S/C22H20N6OS.CH4O/c23-9-18-20(14-5-7-17(8-6-14)29-16-3-1-2-4-16)19(10-24)22(28-21(18)25)30-12-15-11-26-13-27-15;1-2/h5-8,11,13,16H,1-4,12H2,(H2,25,28)(H,26,27);2H,1H3. The minimum Gasteiger partial charge on any atom is -0.490 e. The molecule has 4 N–H and O–H groups in total. The third-order valence-corrected chi connectivity index (χ3v) is 6.11. The molecule has 1 saturated carbocycles. The number of nitrogens with zero attached hydrogens (tertiary/aromatic N) is 4. The number of nitrogens with one attached hydrogen (secondary N) is 1. The number of H-pyrrole nitrogens is 1. The number of aliphatic hydroxyl groups is 1. The molecule has 8 nitrogen and oxygen atoms in total. The largest absolute Gasteiger partial charge is 0.490 e. The smallest absolute Gasteiger partial charge is 0.143 e. The number of ether oxygens (including phenoxy) is 1. The first-order chi connectivity index (χ1) is 15.7. The number of aliphatic hydroxyl groups excluding tert-OH is 1. The number of aromatic nitrogens is 3. The number of imidazole rings is 1. The zero-order valence-electron chi connectivity index (χ0n) is 17.7. The van der Waals surface area contributed by atoms with Crippen molar-refractivity contribution in [3.63, 3.8) is 0 Å². The lowest BCUT2D eigenvalue weighted by Crippen LogP contribution is -2.10. The monoisotopic (exact) mass is 448 g/mol. The number of nitrogens with two attached hydrogens (primary N) is 1. The van der Waals surface area contributed by atoms with Crippen molar-refractivity contribution in [2.24, 2.45) is 0 Å². The Labute approximate surface area is 191 Å². The van der Waals surface area contributed by atoms with Gasteiger partial charge in [0, 0.05) is 30.3 Å². The van der Waals surface area contributed by atoms with Gasteiger partial charge in [-0.15, -0.1) is 0 Å². The van der Waals surface area contributed by atoms with E-state index in [2.05, 4.69) is 27.1 Å². The maximum atomic E-state index is 9.87. The molecular weight excluding hydrogens is 424 g/mol. The van der Waals surface area contributed by atoms with Gasteiger partial charge in [-0.05, 0) is 43.4 Å². The van der Waals surface area contributed by atoms with Crippen LogP contribution in [-0.4, -0.2) is 33.3 Å². The number of hydrogen-bond acceptors (Lipinski definition) is 8. The molecule has 0 atom stereocenters. The number of thioether (sulfide) groups is 1. The Morgan fingerprint density at radius 3 is 2.44 bits per heavy atom. The van der Waals surface area contributed by atoms with Crippen LogP contribution in [0, 0.1) is 22.7 Å². The molecule has 1 aliphatic rings. The zero-order chi connectivity index (χ0) is 22.9. The molecule has 0 spiro atoms. The molecule has 0 bridgehead atoms. The first-order valence-corrected chi connectivity index (χ1v) is 11.1. The quantitative estimate of drug-likeness (QED) is 0.479. The van der Waals surface area contributed by atoms with E-state index >= 15 is 0 Å². The van der Waals surface area contributed by atoms with Gasteiger partial charge in [-0.2, -0.15) is 10.5 Å². The molecule has 3 aromatic rings. The van der Waals surface area contributed by atoms with Crippen LogP contribution in [0.5, 0.6) is 5.75 Å². The molecule has 9 heteroatoms. The number of anilines is 1. The second-order valence-electron chi connectivity index (χ2n) is 7.07. The molecule has 2 aromatic heterocycles. The van der Waals surface area contributed by atoms with Crippen molar-refractivity contribution in [3.8, 4) is 29.0 Å². The molecular formula is C23H24N6O2S. The molecule has 1 fully saturated rings. The van der Waals surface area contributed by atoms with Gasteiger partial charge in [0.05, 0.1) is 18.0 Å². The summed E-state index contributed by atoms with van der Waals surface area (Å²) in [6, 6.07) is 11.8. The first kappa shape index (κ1) is 23.1. The van der Waals surface area contributed by atoms with Gasteiger partial charge in [0.1, 0.15) is 34.3 Å². The van der Waals surface area contributed by atoms with Crippen molar-refractivity contribution >= 4 is 17.6 Å². The average molecular weight is 449 g/mol. The Kier molecular flexibility index (Phi) is 8.09. The summed E-state index contributed by atoms with van der Waals surface area (Å²) < 4.78 is 6.03. The van der Waals surface area contributed by atoms with Crippen LogP contribution in [0.15, 0.2) is 41.8 Å². The van der Waals surface area contributed by atoms with Crippen molar-refractivity contribution < 1.29 is 9.84 Å². The second kappa shape index (κ2) is 11.2. The summed E-state index contributed by atoms with van der Waals surface area (Å²) in [5, 5.41) is 27.0. The number of hydrogen-bond donors (Lipinski definition) is 3. The van der Waals surface area contributed by atoms with Crippen molar-refractivity contribution in [3.05, 3.63) is 53.6 Å². The number of rotatable bonds is 6. The Balaban J connectivity index is 0.00000141. The van der Waals surface area contributed by atoms with Gasteiger partial charge < -0.3 is 20.6 Å². The predicted molar refractivity (Wildman–Crippen MR) is 123 cm³/mol. The Morgan fingerprint density at radius 2 is 1.84 bits per heavy atom. The predicted octanol–water partition coefficient (Wildman–Crippen LogP) is 4.02. The minimum atomic E-state index is 0.116. The molecule has 4 rings (SSSR count). The van der Waals surface area contributed by atoms with Crippen LogP contribution in [0.4, 0.5) is 5.82 Å². The Morgan fingerprint density at radius 1 is 1.16 bits per heavy atom. The second-order valence-corrected chi connectivity index (χ2v) is 8.03. The molecule has 1 aliphatic carbocycles. The summed E-state index contributed by atoms with van der Waals surface area (Å²) in [5.74, 6) is 1.46. The number of pyridine rings is 1. The van der Waals surface area contributed by atoms with E-state index in [9.17, 15) is 10.5 Å². The summed E-state index contributed by atoms with van der Waals surface area (Å²) in [7, 11) is 1.00. The summed E-state index contributed by atoms with van der Waals surface area (Å²) >= 11 is 1.38. The Hall–Kier alpha value is -3.53. The van der Waals surface area contributed by atoms with Crippen LogP contribution >= 0.6 is 11.8 Å². The maximum Gasteiger partial charge on any atom is 0.143 e. The van der Waals surface area contributed by atoms with E-state index in [1.54, 1.807) is 12.5 Å². The molecule has 2 heterocycles. The summed E-state index contributed by atoms with van der Waals surface area (Å²) in [4.78, 5) is 11.3. The lowest BCUT2D eigenvalue weighted by molar-refractivity contribution is 0.210. The maximum absolute atomic E-state index is 9.87. The van der Waals surface area contributed by atoms with Gasteiger partial charge in [-0.3, -0.25) is 0 Å². The fraction of sp³-hybridized carbons (Fsp3) is 0.304. The average Bonchev–Trinajstić information content (AvgIpc) is 3.53. The van der Waals surface area contributed by atoms with Crippen LogP contribution in [0.3, 0.4) is 0 Å². The van der Waals surface area contributed by atoms with E-state index in [4.69, 9.17) is 15.6 Å². The molecule has 0 aliphatic heterocycles. The molecule has 1 aromatic carbocycles. The summed E-state index contributed by atoms with van der Waals surface area (Å²) in [6.07, 6.45) is 8.15. The van der Waals surface area contributed by atoms with Gasteiger partial charge in [-0.25, -0.2) is 9.97 Å². The molecule has 0 unspecified atom stereocenters. The first-order valence-electron chi connectivity index (χ1n) is 10.1. The topological polar surface area (TPSA) is 145 Å². The van der Waals surface area contributed by atoms with Crippen LogP contribution in [0.1, 0.15) is 42.5 Å². The normalized spacial score (nSPS) is 13.0. The van der Waals surface area contributed by atoms with Crippen LogP contribution < -0.4 is 10.5 Å². The highest BCUT2D eigenvalue weighted by molar-refractivity contribution is 7.98. The van der Waals surface area contributed by atoms with E-state index in [-0.39, 0.29) is 17.5 Å². The minimum absolute atomic E-state index is 0.116.